The van der Waals surface area contributed by atoms with E-state index in [4.69, 9.17) is 9.47 Å². The Morgan fingerprint density at radius 3 is 2.73 bits per heavy atom. The summed E-state index contributed by atoms with van der Waals surface area (Å²) in [4.78, 5) is 0. The van der Waals surface area contributed by atoms with Crippen molar-refractivity contribution in [2.75, 3.05) is 20.8 Å². The molecule has 0 amide bonds. The van der Waals surface area contributed by atoms with Crippen LogP contribution < -0.4 is 5.32 Å². The Labute approximate surface area is 67.4 Å². The molecule has 0 radical (unpaired) electrons. The number of methoxy groups -OCH3 is 2. The summed E-state index contributed by atoms with van der Waals surface area (Å²) in [5.41, 5.74) is 1.17. The van der Waals surface area contributed by atoms with Gasteiger partial charge in [-0.25, -0.2) is 0 Å². The van der Waals surface area contributed by atoms with Crippen molar-refractivity contribution in [3.8, 4) is 0 Å². The number of hydrogen-bond acceptors (Lipinski definition) is 3. The Morgan fingerprint density at radius 2 is 2.18 bits per heavy atom. The molecule has 0 aromatic heterocycles. The molecule has 1 aliphatic heterocycles. The molecule has 0 bridgehead atoms. The summed E-state index contributed by atoms with van der Waals surface area (Å²) < 4.78 is 10.4. The zero-order valence-electron chi connectivity index (χ0n) is 7.09. The van der Waals surface area contributed by atoms with Gasteiger partial charge >= 0.3 is 0 Å². The highest BCUT2D eigenvalue weighted by Gasteiger charge is 2.25. The van der Waals surface area contributed by atoms with Gasteiger partial charge in [0.1, 0.15) is 12.3 Å². The average molecular weight is 157 g/mol. The molecule has 1 fully saturated rings. The average Bonchev–Trinajstić information content (AvgIpc) is 2.04. The fourth-order valence-electron chi connectivity index (χ4n) is 1.28. The van der Waals surface area contributed by atoms with Gasteiger partial charge in [-0.15, -0.1) is 0 Å². The van der Waals surface area contributed by atoms with Crippen LogP contribution in [0.4, 0.5) is 0 Å². The fraction of sp³-hybridized carbons (Fsp3) is 0.750. The lowest BCUT2D eigenvalue weighted by Crippen LogP contribution is -2.47. The molecule has 0 saturated carbocycles. The maximum Gasteiger partial charge on any atom is 0.134 e. The van der Waals surface area contributed by atoms with E-state index in [-0.39, 0.29) is 12.3 Å². The lowest BCUT2D eigenvalue weighted by molar-refractivity contribution is -0.0598. The molecule has 1 saturated heterocycles. The summed E-state index contributed by atoms with van der Waals surface area (Å²) in [6.45, 7) is 4.71. The Bertz CT molecular complexity index is 147. The Hall–Kier alpha value is -0.380. The van der Waals surface area contributed by atoms with Crippen LogP contribution in [0.5, 0.6) is 0 Å². The first-order chi connectivity index (χ1) is 5.27. The normalized spacial score (nSPS) is 32.4. The number of ether oxygens (including phenoxy) is 2. The minimum atomic E-state index is 0.0190. The second-order valence-electron chi connectivity index (χ2n) is 2.77. The van der Waals surface area contributed by atoms with Gasteiger partial charge in [0.15, 0.2) is 0 Å². The van der Waals surface area contributed by atoms with Crippen LogP contribution in [0.2, 0.25) is 0 Å². The quantitative estimate of drug-likeness (QED) is 0.593. The van der Waals surface area contributed by atoms with Crippen LogP contribution in [-0.4, -0.2) is 33.1 Å². The van der Waals surface area contributed by atoms with Gasteiger partial charge in [-0.3, -0.25) is 5.32 Å². The lowest BCUT2D eigenvalue weighted by Gasteiger charge is -2.31. The summed E-state index contributed by atoms with van der Waals surface area (Å²) in [6, 6.07) is 0. The minimum absolute atomic E-state index is 0.0190. The second kappa shape index (κ2) is 3.85. The van der Waals surface area contributed by atoms with E-state index in [0.29, 0.717) is 0 Å². The van der Waals surface area contributed by atoms with E-state index in [9.17, 15) is 0 Å². The molecule has 0 aromatic carbocycles. The van der Waals surface area contributed by atoms with Crippen molar-refractivity contribution >= 4 is 0 Å². The maximum absolute atomic E-state index is 5.22. The molecular formula is C8H15NO2. The largest absolute Gasteiger partial charge is 0.377 e. The van der Waals surface area contributed by atoms with E-state index < -0.39 is 0 Å². The van der Waals surface area contributed by atoms with E-state index in [0.717, 1.165) is 13.0 Å². The maximum atomic E-state index is 5.22. The molecule has 1 aliphatic rings. The van der Waals surface area contributed by atoms with E-state index in [1.807, 2.05) is 0 Å². The van der Waals surface area contributed by atoms with E-state index in [2.05, 4.69) is 11.9 Å². The monoisotopic (exact) mass is 157 g/mol. The Balaban J connectivity index is 2.48. The van der Waals surface area contributed by atoms with Crippen molar-refractivity contribution in [2.45, 2.75) is 18.8 Å². The van der Waals surface area contributed by atoms with Crippen molar-refractivity contribution in [1.82, 2.24) is 5.32 Å². The molecule has 3 nitrogen and oxygen atoms in total. The van der Waals surface area contributed by atoms with Crippen LogP contribution in [0.1, 0.15) is 6.42 Å². The molecule has 1 rings (SSSR count). The Morgan fingerprint density at radius 1 is 1.45 bits per heavy atom. The topological polar surface area (TPSA) is 30.5 Å². The van der Waals surface area contributed by atoms with Crippen LogP contribution >= 0.6 is 0 Å². The molecule has 11 heavy (non-hydrogen) atoms. The van der Waals surface area contributed by atoms with Gasteiger partial charge in [-0.1, -0.05) is 12.2 Å². The van der Waals surface area contributed by atoms with E-state index in [1.165, 1.54) is 5.57 Å². The van der Waals surface area contributed by atoms with Crippen LogP contribution in [0.25, 0.3) is 0 Å². The standard InChI is InChI=1S/C8H15NO2/c1-6-4-7(10-2)8(11-3)9-5-6/h7-9H,1,4-5H2,2-3H3. The first-order valence-corrected chi connectivity index (χ1v) is 3.73. The van der Waals surface area contributed by atoms with Crippen LogP contribution in [0.3, 0.4) is 0 Å². The molecule has 1 N–H and O–H groups in total. The minimum Gasteiger partial charge on any atom is -0.377 e. The predicted molar refractivity (Wildman–Crippen MR) is 43.4 cm³/mol. The summed E-state index contributed by atoms with van der Waals surface area (Å²) >= 11 is 0. The smallest absolute Gasteiger partial charge is 0.134 e. The third-order valence-electron chi connectivity index (χ3n) is 1.94. The van der Waals surface area contributed by atoms with E-state index >= 15 is 0 Å². The molecule has 2 unspecified atom stereocenters. The number of hydrogen-bond donors (Lipinski definition) is 1. The van der Waals surface area contributed by atoms with Crippen LogP contribution in [0, 0.1) is 0 Å². The highest BCUT2D eigenvalue weighted by molar-refractivity contribution is 5.04. The number of rotatable bonds is 2. The van der Waals surface area contributed by atoms with Gasteiger partial charge in [0, 0.05) is 20.8 Å². The van der Waals surface area contributed by atoms with E-state index in [1.54, 1.807) is 14.2 Å². The SMILES string of the molecule is C=C1CNC(OC)C(OC)C1. The third kappa shape index (κ3) is 2.02. The van der Waals surface area contributed by atoms with Gasteiger partial charge in [0.05, 0.1) is 0 Å². The molecule has 1 heterocycles. The first-order valence-electron chi connectivity index (χ1n) is 3.73. The Kier molecular flexibility index (Phi) is 3.05. The third-order valence-corrected chi connectivity index (χ3v) is 1.94. The first kappa shape index (κ1) is 8.71. The summed E-state index contributed by atoms with van der Waals surface area (Å²) in [7, 11) is 3.37. The molecule has 3 heteroatoms. The highest BCUT2D eigenvalue weighted by Crippen LogP contribution is 2.15. The zero-order valence-corrected chi connectivity index (χ0v) is 7.09. The molecule has 0 spiro atoms. The lowest BCUT2D eigenvalue weighted by atomic mass is 10.0. The van der Waals surface area contributed by atoms with Crippen molar-refractivity contribution in [3.05, 3.63) is 12.2 Å². The van der Waals surface area contributed by atoms with Crippen LogP contribution in [-0.2, 0) is 9.47 Å². The highest BCUT2D eigenvalue weighted by atomic mass is 16.5. The second-order valence-corrected chi connectivity index (χ2v) is 2.77. The summed E-state index contributed by atoms with van der Waals surface area (Å²) in [5.74, 6) is 0. The van der Waals surface area contributed by atoms with Crippen molar-refractivity contribution in [2.24, 2.45) is 0 Å². The molecule has 2 atom stereocenters. The number of nitrogens with one attached hydrogen (secondary N) is 1. The van der Waals surface area contributed by atoms with Gasteiger partial charge < -0.3 is 9.47 Å². The summed E-state index contributed by atoms with van der Waals surface area (Å²) in [5, 5.41) is 3.17. The van der Waals surface area contributed by atoms with Crippen LogP contribution in [0.15, 0.2) is 12.2 Å². The molecule has 0 aromatic rings. The fourth-order valence-corrected chi connectivity index (χ4v) is 1.28. The summed E-state index contributed by atoms with van der Waals surface area (Å²) in [6.07, 6.45) is 1.02. The van der Waals surface area contributed by atoms with Crippen molar-refractivity contribution < 1.29 is 9.47 Å². The van der Waals surface area contributed by atoms with Gasteiger partial charge in [-0.05, 0) is 6.42 Å². The van der Waals surface area contributed by atoms with Crippen molar-refractivity contribution in [3.63, 3.8) is 0 Å². The molecular weight excluding hydrogens is 142 g/mol. The predicted octanol–water partition coefficient (Wildman–Crippen LogP) is 0.523. The zero-order chi connectivity index (χ0) is 8.27. The molecule has 64 valence electrons. The van der Waals surface area contributed by atoms with Crippen molar-refractivity contribution in [1.29, 1.82) is 0 Å². The van der Waals surface area contributed by atoms with Gasteiger partial charge in [0.2, 0.25) is 0 Å². The van der Waals surface area contributed by atoms with Gasteiger partial charge in [0.25, 0.3) is 0 Å². The number of piperidine rings is 1. The van der Waals surface area contributed by atoms with Gasteiger partial charge in [-0.2, -0.15) is 0 Å². The molecule has 0 aliphatic carbocycles.